The molecule has 2 aliphatic heterocycles. The third-order valence-electron chi connectivity index (χ3n) is 8.72. The zero-order chi connectivity index (χ0) is 28.0. The highest BCUT2D eigenvalue weighted by Gasteiger charge is 2.44. The first-order valence-electron chi connectivity index (χ1n) is 13.7. The van der Waals surface area contributed by atoms with E-state index < -0.39 is 17.6 Å². The molecule has 2 bridgehead atoms. The van der Waals surface area contributed by atoms with Crippen molar-refractivity contribution in [2.24, 2.45) is 5.92 Å². The molecule has 0 spiro atoms. The molecule has 0 aromatic heterocycles. The lowest BCUT2D eigenvalue weighted by atomic mass is 9.76. The van der Waals surface area contributed by atoms with Crippen LogP contribution in [-0.2, 0) is 22.1 Å². The first-order chi connectivity index (χ1) is 19.2. The summed E-state index contributed by atoms with van der Waals surface area (Å²) < 4.78 is 59.0. The third-order valence-corrected chi connectivity index (χ3v) is 8.72. The van der Waals surface area contributed by atoms with Crippen molar-refractivity contribution in [1.82, 2.24) is 4.90 Å². The minimum Gasteiger partial charge on any atom is -0.448 e. The van der Waals surface area contributed by atoms with E-state index in [4.69, 9.17) is 4.74 Å². The second-order valence-electron chi connectivity index (χ2n) is 11.1. The number of rotatable bonds is 5. The number of carbonyl (C=O) groups excluding carboxylic acids is 2. The number of piperidine rings is 2. The number of alkyl halides is 3. The average Bonchev–Trinajstić information content (AvgIpc) is 3.25. The molecule has 208 valence electrons. The number of Topliss-reactive ketones (excluding diaryl/α,β-unsaturated/α-hetero) is 1. The minimum atomic E-state index is -4.65. The fourth-order valence-corrected chi connectivity index (χ4v) is 6.81. The molecule has 2 fully saturated rings. The number of carbonyl (C=O) groups is 2. The molecular formula is C32H29F4NO3. The Kier molecular flexibility index (Phi) is 6.88. The summed E-state index contributed by atoms with van der Waals surface area (Å²) in [5.41, 5.74) is 3.46. The number of benzene rings is 3. The Morgan fingerprint density at radius 1 is 0.875 bits per heavy atom. The van der Waals surface area contributed by atoms with Crippen LogP contribution in [0, 0.1) is 11.7 Å². The quantitative estimate of drug-likeness (QED) is 0.308. The average molecular weight is 552 g/mol. The van der Waals surface area contributed by atoms with Crippen LogP contribution >= 0.6 is 0 Å². The lowest BCUT2D eigenvalue weighted by Crippen LogP contribution is -2.56. The standard InChI is InChI=1S/C32H29F4NO3/c33-29-17-21(32(34,35)36)13-12-19(29)16-30(38)20-14-22-6-5-7-23(15-20)37(22)31(39)40-18-28-26-10-3-1-8-24(26)25-9-2-4-11-27(25)28/h1-4,8-13,17,20,22-23,28H,5-7,14-16,18H2. The van der Waals surface area contributed by atoms with Crippen LogP contribution in [0.2, 0.25) is 0 Å². The van der Waals surface area contributed by atoms with Gasteiger partial charge in [-0.15, -0.1) is 0 Å². The molecule has 0 saturated carbocycles. The number of halogens is 4. The van der Waals surface area contributed by atoms with Crippen LogP contribution in [-0.4, -0.2) is 35.5 Å². The molecule has 1 amide bonds. The fraction of sp³-hybridized carbons (Fsp3) is 0.375. The van der Waals surface area contributed by atoms with E-state index in [1.54, 1.807) is 4.90 Å². The van der Waals surface area contributed by atoms with Crippen LogP contribution in [0.5, 0.6) is 0 Å². The van der Waals surface area contributed by atoms with Crippen LogP contribution in [0.1, 0.15) is 60.3 Å². The number of ketones is 1. The van der Waals surface area contributed by atoms with E-state index in [-0.39, 0.29) is 54.4 Å². The van der Waals surface area contributed by atoms with E-state index in [0.29, 0.717) is 18.9 Å². The van der Waals surface area contributed by atoms with Crippen molar-refractivity contribution in [1.29, 1.82) is 0 Å². The predicted octanol–water partition coefficient (Wildman–Crippen LogP) is 7.54. The Morgan fingerprint density at radius 3 is 2.05 bits per heavy atom. The van der Waals surface area contributed by atoms with Crippen molar-refractivity contribution in [2.75, 3.05) is 6.61 Å². The Bertz CT molecular complexity index is 1390. The van der Waals surface area contributed by atoms with Crippen LogP contribution in [0.4, 0.5) is 22.4 Å². The molecule has 3 aromatic carbocycles. The number of amides is 1. The van der Waals surface area contributed by atoms with E-state index in [2.05, 4.69) is 24.3 Å². The van der Waals surface area contributed by atoms with Gasteiger partial charge >= 0.3 is 12.3 Å². The molecular weight excluding hydrogens is 522 g/mol. The summed E-state index contributed by atoms with van der Waals surface area (Å²) in [6.07, 6.45) is -1.96. The van der Waals surface area contributed by atoms with Crippen molar-refractivity contribution >= 4 is 11.9 Å². The Balaban J connectivity index is 1.12. The van der Waals surface area contributed by atoms with Crippen LogP contribution < -0.4 is 0 Å². The van der Waals surface area contributed by atoms with Gasteiger partial charge in [0.05, 0.1) is 5.56 Å². The summed E-state index contributed by atoms with van der Waals surface area (Å²) in [6.45, 7) is 0.221. The molecule has 40 heavy (non-hydrogen) atoms. The van der Waals surface area contributed by atoms with Gasteiger partial charge in [0.25, 0.3) is 0 Å². The van der Waals surface area contributed by atoms with Crippen molar-refractivity contribution < 1.29 is 31.9 Å². The van der Waals surface area contributed by atoms with Gasteiger partial charge in [-0.3, -0.25) is 4.79 Å². The number of fused-ring (bicyclic) bond motifs is 5. The monoisotopic (exact) mass is 551 g/mol. The van der Waals surface area contributed by atoms with Gasteiger partial charge in [0.15, 0.2) is 0 Å². The van der Waals surface area contributed by atoms with Crippen molar-refractivity contribution in [3.8, 4) is 11.1 Å². The predicted molar refractivity (Wildman–Crippen MR) is 141 cm³/mol. The molecule has 2 atom stereocenters. The second-order valence-corrected chi connectivity index (χ2v) is 11.1. The lowest BCUT2D eigenvalue weighted by Gasteiger charge is -2.47. The topological polar surface area (TPSA) is 46.6 Å². The van der Waals surface area contributed by atoms with Crippen LogP contribution in [0.15, 0.2) is 66.7 Å². The van der Waals surface area contributed by atoms with E-state index in [1.807, 2.05) is 24.3 Å². The first-order valence-corrected chi connectivity index (χ1v) is 13.7. The lowest BCUT2D eigenvalue weighted by molar-refractivity contribution is -0.137. The van der Waals surface area contributed by atoms with E-state index in [0.717, 1.165) is 53.6 Å². The normalized spacial score (nSPS) is 22.0. The second kappa shape index (κ2) is 10.4. The van der Waals surface area contributed by atoms with Gasteiger partial charge in [-0.2, -0.15) is 13.2 Å². The smallest absolute Gasteiger partial charge is 0.416 e. The Labute approximate surface area is 229 Å². The molecule has 2 heterocycles. The summed E-state index contributed by atoms with van der Waals surface area (Å²) in [4.78, 5) is 28.3. The van der Waals surface area contributed by atoms with Gasteiger partial charge in [0.1, 0.15) is 18.2 Å². The number of nitrogens with zero attached hydrogens (tertiary/aromatic N) is 1. The van der Waals surface area contributed by atoms with Gasteiger partial charge < -0.3 is 9.64 Å². The highest BCUT2D eigenvalue weighted by Crippen LogP contribution is 2.45. The number of ether oxygens (including phenoxy) is 1. The molecule has 3 aromatic rings. The largest absolute Gasteiger partial charge is 0.448 e. The van der Waals surface area contributed by atoms with Crippen molar-refractivity contribution in [3.63, 3.8) is 0 Å². The SMILES string of the molecule is O=C(Cc1ccc(C(F)(F)F)cc1F)C1CC2CCCC(C1)N2C(=O)OCC1c2ccccc2-c2ccccc21. The zero-order valence-electron chi connectivity index (χ0n) is 21.8. The minimum absolute atomic E-state index is 0.0397. The van der Waals surface area contributed by atoms with Gasteiger partial charge in [0, 0.05) is 30.3 Å². The van der Waals surface area contributed by atoms with Gasteiger partial charge in [-0.25, -0.2) is 9.18 Å². The molecule has 0 N–H and O–H groups in total. The number of hydrogen-bond acceptors (Lipinski definition) is 3. The highest BCUT2D eigenvalue weighted by atomic mass is 19.4. The van der Waals surface area contributed by atoms with Gasteiger partial charge in [-0.1, -0.05) is 54.6 Å². The van der Waals surface area contributed by atoms with Gasteiger partial charge in [-0.05, 0) is 72.1 Å². The molecule has 8 heteroatoms. The van der Waals surface area contributed by atoms with E-state index in [9.17, 15) is 27.2 Å². The summed E-state index contributed by atoms with van der Waals surface area (Å²) in [7, 11) is 0. The fourth-order valence-electron chi connectivity index (χ4n) is 6.81. The third kappa shape index (κ3) is 4.88. The number of hydrogen-bond donors (Lipinski definition) is 0. The van der Waals surface area contributed by atoms with E-state index >= 15 is 0 Å². The maximum Gasteiger partial charge on any atom is 0.416 e. The van der Waals surface area contributed by atoms with Crippen LogP contribution in [0.3, 0.4) is 0 Å². The van der Waals surface area contributed by atoms with Crippen molar-refractivity contribution in [3.05, 3.63) is 94.8 Å². The molecule has 0 radical (unpaired) electrons. The molecule has 6 rings (SSSR count). The summed E-state index contributed by atoms with van der Waals surface area (Å²) in [5, 5.41) is 0. The molecule has 2 saturated heterocycles. The Hall–Kier alpha value is -3.68. The zero-order valence-corrected chi connectivity index (χ0v) is 21.8. The Morgan fingerprint density at radius 2 is 1.48 bits per heavy atom. The molecule has 4 nitrogen and oxygen atoms in total. The summed E-state index contributed by atoms with van der Waals surface area (Å²) in [5.74, 6) is -1.66. The van der Waals surface area contributed by atoms with Gasteiger partial charge in [0.2, 0.25) is 0 Å². The molecule has 1 aliphatic carbocycles. The van der Waals surface area contributed by atoms with Crippen LogP contribution in [0.25, 0.3) is 11.1 Å². The molecule has 2 unspecified atom stereocenters. The summed E-state index contributed by atoms with van der Waals surface area (Å²) >= 11 is 0. The van der Waals surface area contributed by atoms with Crippen molar-refractivity contribution in [2.45, 2.75) is 62.7 Å². The first kappa shape index (κ1) is 26.5. The summed E-state index contributed by atoms with van der Waals surface area (Å²) in [6, 6.07) is 18.3. The maximum atomic E-state index is 14.4. The van der Waals surface area contributed by atoms with E-state index in [1.165, 1.54) is 0 Å². The molecule has 3 aliphatic rings. The maximum absolute atomic E-state index is 14.4. The highest BCUT2D eigenvalue weighted by molar-refractivity contribution is 5.84.